The summed E-state index contributed by atoms with van der Waals surface area (Å²) in [5.41, 5.74) is 0. The van der Waals surface area contributed by atoms with Gasteiger partial charge < -0.3 is 5.32 Å². The maximum absolute atomic E-state index is 12.6. The van der Waals surface area contributed by atoms with Crippen LogP contribution >= 0.6 is 15.9 Å². The number of aromatic nitrogens is 1. The molecule has 7 heteroatoms. The molecule has 5 nitrogen and oxygen atoms in total. The molecule has 1 aromatic heterocycles. The van der Waals surface area contributed by atoms with Crippen LogP contribution in [0.4, 0.5) is 5.82 Å². The molecular weight excluding hydrogens is 342 g/mol. The van der Waals surface area contributed by atoms with Crippen LogP contribution in [0.1, 0.15) is 27.2 Å². The summed E-state index contributed by atoms with van der Waals surface area (Å²) in [7, 11) is -1.94. The molecule has 1 N–H and O–H groups in total. The van der Waals surface area contributed by atoms with Gasteiger partial charge in [-0.1, -0.05) is 20.8 Å². The van der Waals surface area contributed by atoms with Crippen molar-refractivity contribution in [2.75, 3.05) is 25.5 Å². The third-order valence-corrected chi connectivity index (χ3v) is 4.94. The minimum Gasteiger partial charge on any atom is -0.369 e. The van der Waals surface area contributed by atoms with Crippen LogP contribution in [0.25, 0.3) is 0 Å². The van der Waals surface area contributed by atoms with Crippen molar-refractivity contribution in [1.82, 2.24) is 9.29 Å². The molecule has 0 saturated carbocycles. The second-order valence-electron chi connectivity index (χ2n) is 5.11. The average molecular weight is 364 g/mol. The van der Waals surface area contributed by atoms with Crippen molar-refractivity contribution in [2.45, 2.75) is 32.1 Å². The van der Waals surface area contributed by atoms with Gasteiger partial charge in [0.2, 0.25) is 10.0 Å². The fraction of sp³-hybridized carbons (Fsp3) is 0.615. The van der Waals surface area contributed by atoms with E-state index in [2.05, 4.69) is 26.2 Å². The summed E-state index contributed by atoms with van der Waals surface area (Å²) in [5, 5.41) is 3.07. The third-order valence-electron chi connectivity index (χ3n) is 2.67. The molecule has 0 spiro atoms. The molecule has 1 aromatic rings. The summed E-state index contributed by atoms with van der Waals surface area (Å²) < 4.78 is 27.3. The molecule has 0 aromatic carbocycles. The summed E-state index contributed by atoms with van der Waals surface area (Å²) in [6.07, 6.45) is 2.50. The number of rotatable bonds is 7. The van der Waals surface area contributed by atoms with Crippen LogP contribution in [0.3, 0.4) is 0 Å². The molecule has 0 bridgehead atoms. The molecule has 0 aliphatic heterocycles. The molecule has 0 saturated heterocycles. The quantitative estimate of drug-likeness (QED) is 0.808. The van der Waals surface area contributed by atoms with Crippen LogP contribution in [0.15, 0.2) is 21.6 Å². The van der Waals surface area contributed by atoms with Gasteiger partial charge in [-0.15, -0.1) is 0 Å². The van der Waals surface area contributed by atoms with Crippen molar-refractivity contribution >= 4 is 31.8 Å². The molecule has 0 amide bonds. The van der Waals surface area contributed by atoms with Gasteiger partial charge in [-0.25, -0.2) is 17.7 Å². The van der Waals surface area contributed by atoms with E-state index in [4.69, 9.17) is 0 Å². The number of hydrogen-bond donors (Lipinski definition) is 1. The first-order valence-electron chi connectivity index (χ1n) is 6.64. The van der Waals surface area contributed by atoms with Gasteiger partial charge in [0.05, 0.1) is 0 Å². The number of nitrogens with one attached hydrogen (secondary N) is 1. The Morgan fingerprint density at radius 3 is 2.65 bits per heavy atom. The number of halogens is 1. The Morgan fingerprint density at radius 1 is 1.45 bits per heavy atom. The molecule has 0 aliphatic carbocycles. The molecule has 0 unspecified atom stereocenters. The molecule has 1 rings (SSSR count). The Bertz CT molecular complexity index is 547. The summed E-state index contributed by atoms with van der Waals surface area (Å²) in [4.78, 5) is 4.39. The highest BCUT2D eigenvalue weighted by molar-refractivity contribution is 9.10. The van der Waals surface area contributed by atoms with E-state index in [-0.39, 0.29) is 10.8 Å². The SMILES string of the molecule is CCCNc1ncc(Br)cc1S(=O)(=O)N(C)CC(C)C. The molecule has 0 atom stereocenters. The van der Waals surface area contributed by atoms with Crippen LogP contribution in [-0.4, -0.2) is 37.8 Å². The highest BCUT2D eigenvalue weighted by Crippen LogP contribution is 2.25. The van der Waals surface area contributed by atoms with Gasteiger partial charge in [0.25, 0.3) is 0 Å². The van der Waals surface area contributed by atoms with E-state index >= 15 is 0 Å². The summed E-state index contributed by atoms with van der Waals surface area (Å²) in [6.45, 7) is 7.15. The summed E-state index contributed by atoms with van der Waals surface area (Å²) >= 11 is 3.28. The van der Waals surface area contributed by atoms with Gasteiger partial charge in [-0.05, 0) is 34.3 Å². The number of nitrogens with zero attached hydrogens (tertiary/aromatic N) is 2. The largest absolute Gasteiger partial charge is 0.369 e. The maximum Gasteiger partial charge on any atom is 0.246 e. The predicted molar refractivity (Wildman–Crippen MR) is 85.4 cm³/mol. The zero-order valence-corrected chi connectivity index (χ0v) is 14.8. The first kappa shape index (κ1) is 17.4. The monoisotopic (exact) mass is 363 g/mol. The number of pyridine rings is 1. The molecular formula is C13H22BrN3O2S. The Kier molecular flexibility index (Phi) is 6.42. The van der Waals surface area contributed by atoms with Crippen molar-refractivity contribution in [2.24, 2.45) is 5.92 Å². The standard InChI is InChI=1S/C13H22BrN3O2S/c1-5-6-15-13-12(7-11(14)8-16-13)20(18,19)17(4)9-10(2)3/h7-8,10H,5-6,9H2,1-4H3,(H,15,16). The third kappa shape index (κ3) is 4.43. The molecule has 20 heavy (non-hydrogen) atoms. The highest BCUT2D eigenvalue weighted by atomic mass is 79.9. The van der Waals surface area contributed by atoms with Crippen LogP contribution in [0, 0.1) is 5.92 Å². The summed E-state index contributed by atoms with van der Waals surface area (Å²) in [6, 6.07) is 1.59. The van der Waals surface area contributed by atoms with Gasteiger partial charge in [-0.3, -0.25) is 0 Å². The second-order valence-corrected chi connectivity index (χ2v) is 8.04. The van der Waals surface area contributed by atoms with E-state index in [0.29, 0.717) is 23.4 Å². The Labute approximate surface area is 130 Å². The fourth-order valence-corrected chi connectivity index (χ4v) is 3.73. The van der Waals surface area contributed by atoms with Crippen LogP contribution in [-0.2, 0) is 10.0 Å². The van der Waals surface area contributed by atoms with E-state index < -0.39 is 10.0 Å². The number of sulfonamides is 1. The first-order chi connectivity index (χ1) is 9.28. The van der Waals surface area contributed by atoms with Crippen LogP contribution < -0.4 is 5.32 Å². The van der Waals surface area contributed by atoms with Gasteiger partial charge in [0, 0.05) is 30.8 Å². The van der Waals surface area contributed by atoms with Crippen molar-refractivity contribution in [3.05, 3.63) is 16.7 Å². The first-order valence-corrected chi connectivity index (χ1v) is 8.88. The van der Waals surface area contributed by atoms with Crippen LogP contribution in [0.2, 0.25) is 0 Å². The van der Waals surface area contributed by atoms with E-state index in [9.17, 15) is 8.42 Å². The van der Waals surface area contributed by atoms with Crippen molar-refractivity contribution < 1.29 is 8.42 Å². The van der Waals surface area contributed by atoms with E-state index in [1.54, 1.807) is 19.3 Å². The zero-order chi connectivity index (χ0) is 15.3. The predicted octanol–water partition coefficient (Wildman–Crippen LogP) is 2.94. The number of hydrogen-bond acceptors (Lipinski definition) is 4. The summed E-state index contributed by atoms with van der Waals surface area (Å²) in [5.74, 6) is 0.674. The normalized spacial score (nSPS) is 12.2. The zero-order valence-electron chi connectivity index (χ0n) is 12.4. The van der Waals surface area contributed by atoms with E-state index in [1.807, 2.05) is 20.8 Å². The highest BCUT2D eigenvalue weighted by Gasteiger charge is 2.25. The molecule has 0 aliphatic rings. The lowest BCUT2D eigenvalue weighted by molar-refractivity contribution is 0.417. The maximum atomic E-state index is 12.6. The van der Waals surface area contributed by atoms with E-state index in [0.717, 1.165) is 6.42 Å². The van der Waals surface area contributed by atoms with Gasteiger partial charge in [0.15, 0.2) is 0 Å². The Hall–Kier alpha value is -0.660. The number of anilines is 1. The molecule has 1 heterocycles. The minimum absolute atomic E-state index is 0.212. The van der Waals surface area contributed by atoms with E-state index in [1.165, 1.54) is 4.31 Å². The smallest absolute Gasteiger partial charge is 0.246 e. The molecule has 114 valence electrons. The lowest BCUT2D eigenvalue weighted by atomic mass is 10.2. The second kappa shape index (κ2) is 7.38. The Morgan fingerprint density at radius 2 is 2.10 bits per heavy atom. The minimum atomic E-state index is -3.54. The molecule has 0 fully saturated rings. The van der Waals surface area contributed by atoms with Gasteiger partial charge >= 0.3 is 0 Å². The average Bonchev–Trinajstić information content (AvgIpc) is 2.36. The van der Waals surface area contributed by atoms with Crippen molar-refractivity contribution in [3.63, 3.8) is 0 Å². The van der Waals surface area contributed by atoms with Crippen LogP contribution in [0.5, 0.6) is 0 Å². The lowest BCUT2D eigenvalue weighted by Crippen LogP contribution is -2.31. The fourth-order valence-electron chi connectivity index (χ4n) is 1.77. The van der Waals surface area contributed by atoms with Gasteiger partial charge in [-0.2, -0.15) is 0 Å². The lowest BCUT2D eigenvalue weighted by Gasteiger charge is -2.21. The van der Waals surface area contributed by atoms with Crippen molar-refractivity contribution in [1.29, 1.82) is 0 Å². The van der Waals surface area contributed by atoms with Crippen molar-refractivity contribution in [3.8, 4) is 0 Å². The molecule has 0 radical (unpaired) electrons. The topological polar surface area (TPSA) is 62.3 Å². The van der Waals surface area contributed by atoms with Gasteiger partial charge in [0.1, 0.15) is 10.7 Å². The Balaban J connectivity index is 3.18.